The van der Waals surface area contributed by atoms with Crippen molar-refractivity contribution in [3.8, 4) is 22.8 Å². The van der Waals surface area contributed by atoms with E-state index in [2.05, 4.69) is 5.16 Å². The Labute approximate surface area is 202 Å². The van der Waals surface area contributed by atoms with Crippen LogP contribution in [0.3, 0.4) is 0 Å². The Bertz CT molecular complexity index is 1230. The molecule has 0 saturated carbocycles. The van der Waals surface area contributed by atoms with Gasteiger partial charge in [0.2, 0.25) is 5.69 Å². The molecule has 0 bridgehead atoms. The molecule has 4 aromatic rings. The summed E-state index contributed by atoms with van der Waals surface area (Å²) in [6.45, 7) is 0.630. The van der Waals surface area contributed by atoms with Crippen LogP contribution in [0.15, 0.2) is 77.3 Å². The molecule has 0 aliphatic rings. The normalized spacial score (nSPS) is 10.7. The zero-order chi connectivity index (χ0) is 22.5. The van der Waals surface area contributed by atoms with Gasteiger partial charge >= 0.3 is 5.97 Å². The molecule has 1 N–H and O–H groups in total. The molecule has 4 rings (SSSR count). The summed E-state index contributed by atoms with van der Waals surface area (Å²) < 4.78 is 17.7. The van der Waals surface area contributed by atoms with Gasteiger partial charge in [0.05, 0.1) is 14.2 Å². The summed E-state index contributed by atoms with van der Waals surface area (Å²) in [5.41, 5.74) is 2.28. The Kier molecular flexibility index (Phi) is 6.96. The van der Waals surface area contributed by atoms with Crippen molar-refractivity contribution in [1.82, 2.24) is 5.16 Å². The van der Waals surface area contributed by atoms with Crippen LogP contribution >= 0.6 is 34.2 Å². The first kappa shape index (κ1) is 22.2. The SMILES string of the molecule is O=C(O)c1noc(-c2cc(Cl)c(OCc3ccccc3)cc2OCc2ccccc2)c1I. The van der Waals surface area contributed by atoms with E-state index in [0.717, 1.165) is 11.1 Å². The lowest BCUT2D eigenvalue weighted by molar-refractivity contribution is 0.0685. The molecule has 3 aromatic carbocycles. The maximum atomic E-state index is 11.4. The van der Waals surface area contributed by atoms with Gasteiger partial charge in [0.15, 0.2) is 5.76 Å². The van der Waals surface area contributed by atoms with Gasteiger partial charge in [-0.25, -0.2) is 4.79 Å². The first-order valence-corrected chi connectivity index (χ1v) is 11.0. The second kappa shape index (κ2) is 10.1. The lowest BCUT2D eigenvalue weighted by Crippen LogP contribution is -2.01. The van der Waals surface area contributed by atoms with Crippen LogP contribution in [-0.2, 0) is 13.2 Å². The van der Waals surface area contributed by atoms with Gasteiger partial charge in [-0.15, -0.1) is 0 Å². The second-order valence-corrected chi connectivity index (χ2v) is 8.29. The lowest BCUT2D eigenvalue weighted by atomic mass is 10.1. The fourth-order valence-electron chi connectivity index (χ4n) is 2.99. The molecular weight excluding hydrogens is 545 g/mol. The Morgan fingerprint density at radius 1 is 0.938 bits per heavy atom. The third-order valence-electron chi connectivity index (χ3n) is 4.59. The molecule has 0 fully saturated rings. The van der Waals surface area contributed by atoms with E-state index in [0.29, 0.717) is 38.9 Å². The Hall–Kier alpha value is -3.04. The molecule has 32 heavy (non-hydrogen) atoms. The molecule has 0 radical (unpaired) electrons. The number of benzene rings is 3. The maximum Gasteiger partial charge on any atom is 0.359 e. The van der Waals surface area contributed by atoms with Gasteiger partial charge in [-0.3, -0.25) is 0 Å². The summed E-state index contributed by atoms with van der Waals surface area (Å²) >= 11 is 8.38. The third-order valence-corrected chi connectivity index (χ3v) is 5.89. The molecule has 0 atom stereocenters. The largest absolute Gasteiger partial charge is 0.488 e. The molecule has 0 aliphatic carbocycles. The van der Waals surface area contributed by atoms with Gasteiger partial charge < -0.3 is 19.1 Å². The van der Waals surface area contributed by atoms with Gasteiger partial charge in [0.1, 0.15) is 24.7 Å². The lowest BCUT2D eigenvalue weighted by Gasteiger charge is -2.15. The number of aromatic carboxylic acids is 1. The van der Waals surface area contributed by atoms with Gasteiger partial charge in [-0.2, -0.15) is 0 Å². The molecule has 0 amide bonds. The van der Waals surface area contributed by atoms with Crippen LogP contribution in [0.2, 0.25) is 5.02 Å². The number of halogens is 2. The van der Waals surface area contributed by atoms with E-state index in [-0.39, 0.29) is 11.5 Å². The van der Waals surface area contributed by atoms with Crippen LogP contribution in [0, 0.1) is 3.57 Å². The van der Waals surface area contributed by atoms with E-state index < -0.39 is 5.97 Å². The molecule has 1 aromatic heterocycles. The summed E-state index contributed by atoms with van der Waals surface area (Å²) in [5, 5.41) is 13.3. The van der Waals surface area contributed by atoms with Crippen LogP contribution < -0.4 is 9.47 Å². The molecule has 0 unspecified atom stereocenters. The number of ether oxygens (including phenoxy) is 2. The number of aromatic nitrogens is 1. The van der Waals surface area contributed by atoms with E-state index >= 15 is 0 Å². The number of hydrogen-bond acceptors (Lipinski definition) is 5. The molecule has 0 saturated heterocycles. The third kappa shape index (κ3) is 5.05. The number of rotatable bonds is 8. The van der Waals surface area contributed by atoms with Crippen LogP contribution in [0.4, 0.5) is 0 Å². The molecule has 162 valence electrons. The van der Waals surface area contributed by atoms with Crippen molar-refractivity contribution >= 4 is 40.2 Å². The number of carbonyl (C=O) groups is 1. The van der Waals surface area contributed by atoms with E-state index in [1.807, 2.05) is 83.3 Å². The summed E-state index contributed by atoms with van der Waals surface area (Å²) in [6, 6.07) is 22.7. The zero-order valence-corrected chi connectivity index (χ0v) is 19.5. The minimum atomic E-state index is -1.18. The van der Waals surface area contributed by atoms with Crippen molar-refractivity contribution < 1.29 is 23.9 Å². The van der Waals surface area contributed by atoms with Crippen LogP contribution in [-0.4, -0.2) is 16.2 Å². The van der Waals surface area contributed by atoms with Gasteiger partial charge in [0, 0.05) is 6.07 Å². The minimum absolute atomic E-state index is 0.171. The van der Waals surface area contributed by atoms with Crippen molar-refractivity contribution in [3.63, 3.8) is 0 Å². The van der Waals surface area contributed by atoms with Crippen molar-refractivity contribution in [3.05, 3.63) is 98.2 Å². The van der Waals surface area contributed by atoms with Crippen LogP contribution in [0.25, 0.3) is 11.3 Å². The summed E-state index contributed by atoms with van der Waals surface area (Å²) in [6.07, 6.45) is 0. The van der Waals surface area contributed by atoms with E-state index in [9.17, 15) is 9.90 Å². The Balaban J connectivity index is 1.69. The highest BCUT2D eigenvalue weighted by molar-refractivity contribution is 14.1. The average Bonchev–Trinajstić information content (AvgIpc) is 3.20. The highest BCUT2D eigenvalue weighted by Crippen LogP contribution is 2.41. The number of nitrogens with zero attached hydrogens (tertiary/aromatic N) is 1. The summed E-state index contributed by atoms with van der Waals surface area (Å²) in [4.78, 5) is 11.4. The van der Waals surface area contributed by atoms with Crippen molar-refractivity contribution in [1.29, 1.82) is 0 Å². The first-order chi connectivity index (χ1) is 15.5. The average molecular weight is 562 g/mol. The van der Waals surface area contributed by atoms with E-state index in [4.69, 9.17) is 25.6 Å². The fourth-order valence-corrected chi connectivity index (χ4v) is 3.93. The van der Waals surface area contributed by atoms with Crippen LogP contribution in [0.1, 0.15) is 21.6 Å². The standard InChI is InChI=1S/C24H17ClINO5/c25-18-11-17(23-21(26)22(24(28)29)27-32-23)19(30-13-15-7-3-1-4-8-15)12-20(18)31-14-16-9-5-2-6-10-16/h1-12H,13-14H2,(H,28,29). The van der Waals surface area contributed by atoms with Gasteiger partial charge in [-0.05, 0) is 39.8 Å². The molecule has 0 spiro atoms. The molecular formula is C24H17ClINO5. The van der Waals surface area contributed by atoms with Crippen LogP contribution in [0.5, 0.6) is 11.5 Å². The highest BCUT2D eigenvalue weighted by Gasteiger charge is 2.24. The smallest absolute Gasteiger partial charge is 0.359 e. The Morgan fingerprint density at radius 2 is 1.50 bits per heavy atom. The highest BCUT2D eigenvalue weighted by atomic mass is 127. The zero-order valence-electron chi connectivity index (χ0n) is 16.6. The topological polar surface area (TPSA) is 81.8 Å². The number of carboxylic acid groups (broad SMARTS) is 1. The van der Waals surface area contributed by atoms with Gasteiger partial charge in [-0.1, -0.05) is 77.4 Å². The number of carboxylic acids is 1. The molecule has 1 heterocycles. The second-order valence-electron chi connectivity index (χ2n) is 6.81. The van der Waals surface area contributed by atoms with Crippen molar-refractivity contribution in [2.75, 3.05) is 0 Å². The quantitative estimate of drug-likeness (QED) is 0.249. The van der Waals surface area contributed by atoms with Crippen molar-refractivity contribution in [2.24, 2.45) is 0 Å². The van der Waals surface area contributed by atoms with Gasteiger partial charge in [0.25, 0.3) is 0 Å². The molecule has 0 aliphatic heterocycles. The van der Waals surface area contributed by atoms with E-state index in [1.165, 1.54) is 0 Å². The molecule has 8 heteroatoms. The Morgan fingerprint density at radius 3 is 2.03 bits per heavy atom. The molecule has 6 nitrogen and oxygen atoms in total. The van der Waals surface area contributed by atoms with Crippen molar-refractivity contribution in [2.45, 2.75) is 13.2 Å². The summed E-state index contributed by atoms with van der Waals surface area (Å²) in [7, 11) is 0. The fraction of sp³-hybridized carbons (Fsp3) is 0.0833. The summed E-state index contributed by atoms with van der Waals surface area (Å²) in [5.74, 6) is -0.0322. The van der Waals surface area contributed by atoms with E-state index in [1.54, 1.807) is 12.1 Å². The predicted octanol–water partition coefficient (Wildman–Crippen LogP) is 6.46. The monoisotopic (exact) mass is 561 g/mol. The maximum absolute atomic E-state index is 11.4. The first-order valence-electron chi connectivity index (χ1n) is 9.58. The predicted molar refractivity (Wildman–Crippen MR) is 128 cm³/mol. The number of hydrogen-bond donors (Lipinski definition) is 1. The minimum Gasteiger partial charge on any atom is -0.488 e.